The fourth-order valence-corrected chi connectivity index (χ4v) is 2.88. The first-order chi connectivity index (χ1) is 13.5. The molecule has 3 aromatic carbocycles. The van der Waals surface area contributed by atoms with Gasteiger partial charge in [0.05, 0.1) is 16.1 Å². The number of nitro groups is 1. The molecule has 7 nitrogen and oxygen atoms in total. The van der Waals surface area contributed by atoms with Gasteiger partial charge in [0.15, 0.2) is 0 Å². The Morgan fingerprint density at radius 3 is 2.61 bits per heavy atom. The zero-order chi connectivity index (χ0) is 19.7. The first kappa shape index (κ1) is 17.3. The van der Waals surface area contributed by atoms with Gasteiger partial charge in [0.1, 0.15) is 5.82 Å². The van der Waals surface area contributed by atoms with Crippen LogP contribution in [-0.2, 0) is 0 Å². The largest absolute Gasteiger partial charge is 0.322 e. The van der Waals surface area contributed by atoms with E-state index in [2.05, 4.69) is 15.5 Å². The van der Waals surface area contributed by atoms with Crippen molar-refractivity contribution in [3.8, 4) is 11.3 Å². The van der Waals surface area contributed by atoms with Crippen LogP contribution < -0.4 is 5.32 Å². The summed E-state index contributed by atoms with van der Waals surface area (Å²) in [5.41, 5.74) is 2.65. The van der Waals surface area contributed by atoms with Gasteiger partial charge in [0.25, 0.3) is 11.6 Å². The number of rotatable bonds is 4. The molecule has 4 rings (SSSR count). The quantitative estimate of drug-likeness (QED) is 0.404. The maximum atomic E-state index is 13.2. The number of carbonyl (C=O) groups excluding carboxylic acids is 1. The van der Waals surface area contributed by atoms with Gasteiger partial charge >= 0.3 is 0 Å². The number of carbonyl (C=O) groups is 1. The molecule has 0 aliphatic rings. The van der Waals surface area contributed by atoms with E-state index in [0.717, 1.165) is 16.5 Å². The minimum atomic E-state index is -0.552. The lowest BCUT2D eigenvalue weighted by molar-refractivity contribution is -0.384. The third-order valence-corrected chi connectivity index (χ3v) is 4.26. The second-order valence-electron chi connectivity index (χ2n) is 6.10. The third-order valence-electron chi connectivity index (χ3n) is 4.26. The second kappa shape index (κ2) is 6.92. The van der Waals surface area contributed by atoms with E-state index in [0.29, 0.717) is 11.4 Å². The number of nitro benzene ring substituents is 1. The number of nitrogens with zero attached hydrogens (tertiary/aromatic N) is 2. The number of non-ortho nitro benzene ring substituents is 1. The Hall–Kier alpha value is -4.07. The van der Waals surface area contributed by atoms with Crippen molar-refractivity contribution in [3.05, 3.63) is 88.2 Å². The number of amides is 1. The van der Waals surface area contributed by atoms with Crippen LogP contribution in [0, 0.1) is 15.9 Å². The molecule has 8 heteroatoms. The average Bonchev–Trinajstić information content (AvgIpc) is 3.12. The van der Waals surface area contributed by atoms with E-state index in [9.17, 15) is 19.3 Å². The Morgan fingerprint density at radius 1 is 1.07 bits per heavy atom. The highest BCUT2D eigenvalue weighted by atomic mass is 19.1. The van der Waals surface area contributed by atoms with Gasteiger partial charge in [-0.1, -0.05) is 6.07 Å². The Bertz CT molecular complexity index is 1200. The number of hydrogen-bond acceptors (Lipinski definition) is 4. The molecule has 1 heterocycles. The lowest BCUT2D eigenvalue weighted by atomic mass is 10.1. The van der Waals surface area contributed by atoms with E-state index in [1.54, 1.807) is 30.3 Å². The average molecular weight is 376 g/mol. The molecule has 0 unspecified atom stereocenters. The van der Waals surface area contributed by atoms with Crippen molar-refractivity contribution in [2.45, 2.75) is 0 Å². The number of benzene rings is 3. The molecule has 0 spiro atoms. The lowest BCUT2D eigenvalue weighted by Crippen LogP contribution is -2.12. The van der Waals surface area contributed by atoms with Gasteiger partial charge in [-0.2, -0.15) is 5.10 Å². The van der Waals surface area contributed by atoms with Crippen LogP contribution in [0.25, 0.3) is 22.2 Å². The molecular weight excluding hydrogens is 363 g/mol. The van der Waals surface area contributed by atoms with Crippen LogP contribution in [0.15, 0.2) is 66.7 Å². The highest BCUT2D eigenvalue weighted by Gasteiger charge is 2.13. The zero-order valence-corrected chi connectivity index (χ0v) is 14.3. The number of aromatic amines is 1. The molecule has 0 atom stereocenters. The van der Waals surface area contributed by atoms with Crippen molar-refractivity contribution in [1.82, 2.24) is 10.2 Å². The second-order valence-corrected chi connectivity index (χ2v) is 6.10. The standard InChI is InChI=1S/C20H13FN4O3/c21-14-6-4-12(5-7-14)19-17-11-15(8-9-18(17)23-24-19)22-20(26)13-2-1-3-16(10-13)25(27)28/h1-11H,(H,22,26)(H,23,24). The maximum absolute atomic E-state index is 13.2. The van der Waals surface area contributed by atoms with Crippen LogP contribution in [-0.4, -0.2) is 21.0 Å². The molecule has 0 aliphatic carbocycles. The summed E-state index contributed by atoms with van der Waals surface area (Å²) in [6, 6.07) is 16.7. The number of anilines is 1. The van der Waals surface area contributed by atoms with Crippen LogP contribution in [0.3, 0.4) is 0 Å². The number of halogens is 1. The third kappa shape index (κ3) is 3.30. The summed E-state index contributed by atoms with van der Waals surface area (Å²) >= 11 is 0. The fraction of sp³-hybridized carbons (Fsp3) is 0. The zero-order valence-electron chi connectivity index (χ0n) is 14.3. The minimum absolute atomic E-state index is 0.156. The smallest absolute Gasteiger partial charge is 0.270 e. The summed E-state index contributed by atoms with van der Waals surface area (Å²) in [6.07, 6.45) is 0. The van der Waals surface area contributed by atoms with E-state index >= 15 is 0 Å². The molecule has 1 amide bonds. The highest BCUT2D eigenvalue weighted by molar-refractivity contribution is 6.06. The summed E-state index contributed by atoms with van der Waals surface area (Å²) in [5.74, 6) is -0.802. The van der Waals surface area contributed by atoms with Gasteiger partial charge in [-0.25, -0.2) is 4.39 Å². The molecule has 0 saturated carbocycles. The number of hydrogen-bond donors (Lipinski definition) is 2. The van der Waals surface area contributed by atoms with Gasteiger partial charge in [-0.05, 0) is 48.5 Å². The Morgan fingerprint density at radius 2 is 1.86 bits per heavy atom. The fourth-order valence-electron chi connectivity index (χ4n) is 2.88. The van der Waals surface area contributed by atoms with Gasteiger partial charge < -0.3 is 5.32 Å². The van der Waals surface area contributed by atoms with E-state index < -0.39 is 10.8 Å². The van der Waals surface area contributed by atoms with Crippen LogP contribution in [0.2, 0.25) is 0 Å². The first-order valence-electron chi connectivity index (χ1n) is 8.31. The summed E-state index contributed by atoms with van der Waals surface area (Å²) in [4.78, 5) is 22.8. The molecular formula is C20H13FN4O3. The van der Waals surface area contributed by atoms with Crippen LogP contribution >= 0.6 is 0 Å². The van der Waals surface area contributed by atoms with E-state index in [-0.39, 0.29) is 17.1 Å². The van der Waals surface area contributed by atoms with Crippen molar-refractivity contribution < 1.29 is 14.1 Å². The highest BCUT2D eigenvalue weighted by Crippen LogP contribution is 2.29. The van der Waals surface area contributed by atoms with E-state index in [4.69, 9.17) is 0 Å². The predicted molar refractivity (Wildman–Crippen MR) is 103 cm³/mol. The molecule has 0 fully saturated rings. The molecule has 28 heavy (non-hydrogen) atoms. The molecule has 2 N–H and O–H groups in total. The number of fused-ring (bicyclic) bond motifs is 1. The monoisotopic (exact) mass is 376 g/mol. The molecule has 4 aromatic rings. The van der Waals surface area contributed by atoms with Crippen LogP contribution in [0.1, 0.15) is 10.4 Å². The Kier molecular flexibility index (Phi) is 4.29. The predicted octanol–water partition coefficient (Wildman–Crippen LogP) is 4.53. The number of H-pyrrole nitrogens is 1. The summed E-state index contributed by atoms with van der Waals surface area (Å²) in [7, 11) is 0. The van der Waals surface area contributed by atoms with E-state index in [1.807, 2.05) is 0 Å². The first-order valence-corrected chi connectivity index (χ1v) is 8.31. The molecule has 0 radical (unpaired) electrons. The minimum Gasteiger partial charge on any atom is -0.322 e. The van der Waals surface area contributed by atoms with Crippen molar-refractivity contribution in [3.63, 3.8) is 0 Å². The van der Waals surface area contributed by atoms with Gasteiger partial charge in [-0.3, -0.25) is 20.0 Å². The summed E-state index contributed by atoms with van der Waals surface area (Å²) < 4.78 is 13.2. The molecule has 138 valence electrons. The van der Waals surface area contributed by atoms with E-state index in [1.165, 1.54) is 36.4 Å². The van der Waals surface area contributed by atoms with Gasteiger partial charge in [0, 0.05) is 34.3 Å². The Balaban J connectivity index is 1.65. The molecule has 0 bridgehead atoms. The molecule has 1 aromatic heterocycles. The summed E-state index contributed by atoms with van der Waals surface area (Å²) in [5, 5.41) is 21.5. The SMILES string of the molecule is O=C(Nc1ccc2[nH]nc(-c3ccc(F)cc3)c2c1)c1cccc([N+](=O)[O-])c1. The Labute approximate surface area is 158 Å². The van der Waals surface area contributed by atoms with Crippen LogP contribution in [0.5, 0.6) is 0 Å². The van der Waals surface area contributed by atoms with Crippen molar-refractivity contribution >= 4 is 28.2 Å². The topological polar surface area (TPSA) is 101 Å². The number of nitrogens with one attached hydrogen (secondary N) is 2. The lowest BCUT2D eigenvalue weighted by Gasteiger charge is -2.06. The van der Waals surface area contributed by atoms with Crippen molar-refractivity contribution in [2.24, 2.45) is 0 Å². The number of aromatic nitrogens is 2. The van der Waals surface area contributed by atoms with Crippen molar-refractivity contribution in [2.75, 3.05) is 5.32 Å². The molecule has 0 saturated heterocycles. The van der Waals surface area contributed by atoms with Gasteiger partial charge in [-0.15, -0.1) is 0 Å². The maximum Gasteiger partial charge on any atom is 0.270 e. The van der Waals surface area contributed by atoms with Crippen LogP contribution in [0.4, 0.5) is 15.8 Å². The van der Waals surface area contributed by atoms with Crippen molar-refractivity contribution in [1.29, 1.82) is 0 Å². The van der Waals surface area contributed by atoms with Gasteiger partial charge in [0.2, 0.25) is 0 Å². The summed E-state index contributed by atoms with van der Waals surface area (Å²) in [6.45, 7) is 0. The normalized spacial score (nSPS) is 10.8. The molecule has 0 aliphatic heterocycles.